The first kappa shape index (κ1) is 61.5. The van der Waals surface area contributed by atoms with Crippen molar-refractivity contribution in [2.75, 3.05) is 6.61 Å². The predicted octanol–water partition coefficient (Wildman–Crippen LogP) is 16.0. The lowest BCUT2D eigenvalue weighted by Gasteiger charge is -2.27. The van der Waals surface area contributed by atoms with Gasteiger partial charge in [0.05, 0.1) is 18.8 Å². The minimum absolute atomic E-state index is 0.355. The second-order valence-corrected chi connectivity index (χ2v) is 19.3. The molecule has 63 heavy (non-hydrogen) atoms. The van der Waals surface area contributed by atoms with Crippen LogP contribution in [0.5, 0.6) is 0 Å². The van der Waals surface area contributed by atoms with Gasteiger partial charge in [-0.3, -0.25) is 4.79 Å². The summed E-state index contributed by atoms with van der Waals surface area (Å²) in [5, 5.41) is 43.9. The fourth-order valence-corrected chi connectivity index (χ4v) is 8.65. The fraction of sp³-hybridized carbons (Fsp3) is 0.877. The first-order valence-corrected chi connectivity index (χ1v) is 27.9. The summed E-state index contributed by atoms with van der Waals surface area (Å²) in [6.45, 7) is 4.07. The van der Waals surface area contributed by atoms with Crippen LogP contribution < -0.4 is 5.32 Å². The molecule has 0 radical (unpaired) electrons. The molecule has 4 atom stereocenters. The smallest absolute Gasteiger partial charge is 0.249 e. The molecule has 0 aliphatic rings. The SMILES string of the molecule is CCCCCCCCCCCCCC/C=C\CCCCCCCCCC(O)C(=O)NC(CO)C(O)C(O)CCC/C=C/CC/C=C/CCCCCCCCCCCCCCCCC. The minimum atomic E-state index is -1.29. The number of aliphatic hydroxyl groups is 4. The molecule has 0 bridgehead atoms. The average molecular weight is 889 g/mol. The Bertz CT molecular complexity index is 997. The third kappa shape index (κ3) is 45.5. The Morgan fingerprint density at radius 3 is 1.00 bits per heavy atom. The quantitative estimate of drug-likeness (QED) is 0.0309. The number of nitrogens with one attached hydrogen (secondary N) is 1. The van der Waals surface area contributed by atoms with Gasteiger partial charge >= 0.3 is 0 Å². The number of unbranched alkanes of at least 4 members (excludes halogenated alkanes) is 36. The van der Waals surface area contributed by atoms with Crippen LogP contribution in [0.25, 0.3) is 0 Å². The zero-order chi connectivity index (χ0) is 45.9. The summed E-state index contributed by atoms with van der Waals surface area (Å²) in [7, 11) is 0. The molecule has 5 N–H and O–H groups in total. The van der Waals surface area contributed by atoms with Gasteiger partial charge in [0.1, 0.15) is 12.2 Å². The molecule has 4 unspecified atom stereocenters. The Balaban J connectivity index is 3.70. The molecule has 0 aromatic heterocycles. The van der Waals surface area contributed by atoms with Gasteiger partial charge in [0.25, 0.3) is 0 Å². The van der Waals surface area contributed by atoms with E-state index in [1.54, 1.807) is 0 Å². The van der Waals surface area contributed by atoms with Gasteiger partial charge in [-0.05, 0) is 77.0 Å². The van der Waals surface area contributed by atoms with Crippen molar-refractivity contribution in [3.8, 4) is 0 Å². The monoisotopic (exact) mass is 888 g/mol. The highest BCUT2D eigenvalue weighted by atomic mass is 16.3. The summed E-state index contributed by atoms with van der Waals surface area (Å²) >= 11 is 0. The molecule has 0 fully saturated rings. The van der Waals surface area contributed by atoms with E-state index >= 15 is 0 Å². The van der Waals surface area contributed by atoms with Crippen LogP contribution in [0.3, 0.4) is 0 Å². The maximum absolute atomic E-state index is 12.6. The predicted molar refractivity (Wildman–Crippen MR) is 274 cm³/mol. The molecular formula is C57H109NO5. The summed E-state index contributed by atoms with van der Waals surface area (Å²) in [6, 6.07) is -1.01. The molecule has 0 spiro atoms. The largest absolute Gasteiger partial charge is 0.394 e. The molecule has 0 saturated carbocycles. The van der Waals surface area contributed by atoms with Crippen LogP contribution in [-0.2, 0) is 4.79 Å². The number of hydrogen-bond acceptors (Lipinski definition) is 5. The lowest BCUT2D eigenvalue weighted by atomic mass is 10.00. The zero-order valence-corrected chi connectivity index (χ0v) is 42.1. The second kappa shape index (κ2) is 51.5. The van der Waals surface area contributed by atoms with Gasteiger partial charge in [-0.2, -0.15) is 0 Å². The van der Waals surface area contributed by atoms with Gasteiger partial charge in [-0.1, -0.05) is 249 Å². The molecule has 0 aromatic rings. The first-order chi connectivity index (χ1) is 31.0. The third-order valence-corrected chi connectivity index (χ3v) is 13.1. The van der Waals surface area contributed by atoms with Crippen LogP contribution in [0.15, 0.2) is 36.5 Å². The van der Waals surface area contributed by atoms with E-state index in [2.05, 4.69) is 55.6 Å². The maximum atomic E-state index is 12.6. The van der Waals surface area contributed by atoms with E-state index in [1.165, 1.54) is 218 Å². The van der Waals surface area contributed by atoms with Crippen LogP contribution in [0.2, 0.25) is 0 Å². The van der Waals surface area contributed by atoms with E-state index in [4.69, 9.17) is 0 Å². The third-order valence-electron chi connectivity index (χ3n) is 13.1. The van der Waals surface area contributed by atoms with Gasteiger partial charge in [0.15, 0.2) is 0 Å². The highest BCUT2D eigenvalue weighted by molar-refractivity contribution is 5.80. The van der Waals surface area contributed by atoms with Crippen LogP contribution in [0.1, 0.15) is 290 Å². The summed E-state index contributed by atoms with van der Waals surface area (Å²) in [5.41, 5.74) is 0. The van der Waals surface area contributed by atoms with E-state index in [0.717, 1.165) is 38.5 Å². The molecule has 6 heteroatoms. The van der Waals surface area contributed by atoms with Gasteiger partial charge in [-0.15, -0.1) is 0 Å². The highest BCUT2D eigenvalue weighted by Gasteiger charge is 2.28. The maximum Gasteiger partial charge on any atom is 0.249 e. The average Bonchev–Trinajstić information content (AvgIpc) is 3.29. The number of carbonyl (C=O) groups is 1. The van der Waals surface area contributed by atoms with Crippen molar-refractivity contribution in [2.24, 2.45) is 0 Å². The molecule has 6 nitrogen and oxygen atoms in total. The summed E-state index contributed by atoms with van der Waals surface area (Å²) in [6.07, 6.45) is 63.5. The number of allylic oxidation sites excluding steroid dienone is 6. The van der Waals surface area contributed by atoms with Gasteiger partial charge < -0.3 is 25.7 Å². The first-order valence-electron chi connectivity index (χ1n) is 27.9. The Morgan fingerprint density at radius 1 is 0.381 bits per heavy atom. The molecule has 0 saturated heterocycles. The van der Waals surface area contributed by atoms with Crippen molar-refractivity contribution in [3.63, 3.8) is 0 Å². The molecule has 1 amide bonds. The van der Waals surface area contributed by atoms with Crippen molar-refractivity contribution in [1.82, 2.24) is 5.32 Å². The number of aliphatic hydroxyl groups excluding tert-OH is 4. The summed E-state index contributed by atoms with van der Waals surface area (Å²) in [5.74, 6) is -0.598. The molecular weight excluding hydrogens is 779 g/mol. The van der Waals surface area contributed by atoms with Crippen LogP contribution >= 0.6 is 0 Å². The van der Waals surface area contributed by atoms with E-state index in [1.807, 2.05) is 0 Å². The van der Waals surface area contributed by atoms with Crippen LogP contribution in [0.4, 0.5) is 0 Å². The number of amides is 1. The Morgan fingerprint density at radius 2 is 0.667 bits per heavy atom. The molecule has 0 aliphatic carbocycles. The fourth-order valence-electron chi connectivity index (χ4n) is 8.65. The lowest BCUT2D eigenvalue weighted by Crippen LogP contribution is -2.53. The number of hydrogen-bond donors (Lipinski definition) is 5. The Kier molecular flexibility index (Phi) is 50.3. The number of carbonyl (C=O) groups excluding carboxylic acids is 1. The highest BCUT2D eigenvalue weighted by Crippen LogP contribution is 2.17. The van der Waals surface area contributed by atoms with Crippen molar-refractivity contribution in [3.05, 3.63) is 36.5 Å². The van der Waals surface area contributed by atoms with Crippen LogP contribution in [-0.4, -0.2) is 57.3 Å². The van der Waals surface area contributed by atoms with Crippen molar-refractivity contribution < 1.29 is 25.2 Å². The molecule has 0 heterocycles. The van der Waals surface area contributed by atoms with E-state index in [-0.39, 0.29) is 0 Å². The molecule has 0 aromatic carbocycles. The normalized spacial score (nSPS) is 14.1. The molecule has 0 aliphatic heterocycles. The van der Waals surface area contributed by atoms with Gasteiger partial charge in [0.2, 0.25) is 5.91 Å². The molecule has 0 rings (SSSR count). The number of rotatable bonds is 51. The topological polar surface area (TPSA) is 110 Å². The zero-order valence-electron chi connectivity index (χ0n) is 42.1. The van der Waals surface area contributed by atoms with Crippen molar-refractivity contribution in [1.29, 1.82) is 0 Å². The van der Waals surface area contributed by atoms with Gasteiger partial charge in [0, 0.05) is 0 Å². The van der Waals surface area contributed by atoms with E-state index in [0.29, 0.717) is 19.3 Å². The van der Waals surface area contributed by atoms with E-state index in [9.17, 15) is 25.2 Å². The summed E-state index contributed by atoms with van der Waals surface area (Å²) in [4.78, 5) is 12.6. The Hall–Kier alpha value is -1.47. The minimum Gasteiger partial charge on any atom is -0.394 e. The van der Waals surface area contributed by atoms with Crippen LogP contribution in [0, 0.1) is 0 Å². The lowest BCUT2D eigenvalue weighted by molar-refractivity contribution is -0.132. The van der Waals surface area contributed by atoms with Gasteiger partial charge in [-0.25, -0.2) is 0 Å². The standard InChI is InChI=1S/C57H109NO5/c1-3-5-7-9-11-13-15-17-19-21-23-25-27-29-30-32-34-36-38-40-42-44-46-48-50-54(60)56(62)53(52-59)58-57(63)55(61)51-49-47-45-43-41-39-37-35-33-31-28-26-24-22-20-18-16-14-12-10-8-6-4-2/h31,33-34,36,42,44,53-56,59-62H,3-30,32,35,37-41,43,45-52H2,1-2H3,(H,58,63)/b33-31-,36-34+,44-42+. The van der Waals surface area contributed by atoms with Crippen molar-refractivity contribution >= 4 is 5.91 Å². The molecule has 372 valence electrons. The van der Waals surface area contributed by atoms with Crippen molar-refractivity contribution in [2.45, 2.75) is 314 Å². The van der Waals surface area contributed by atoms with E-state index < -0.39 is 36.9 Å². The Labute approximate surface area is 392 Å². The second-order valence-electron chi connectivity index (χ2n) is 19.3. The summed E-state index contributed by atoms with van der Waals surface area (Å²) < 4.78 is 0.